The van der Waals surface area contributed by atoms with E-state index in [1.807, 2.05) is 0 Å². The average molecular weight is 238 g/mol. The van der Waals surface area contributed by atoms with Gasteiger partial charge in [-0.1, -0.05) is 26.7 Å². The van der Waals surface area contributed by atoms with E-state index < -0.39 is 6.29 Å². The lowest BCUT2D eigenvalue weighted by molar-refractivity contribution is -0.172. The molecule has 0 bridgehead atoms. The molecule has 17 heavy (non-hydrogen) atoms. The molecule has 1 saturated heterocycles. The molecule has 0 spiro atoms. The number of fused-ring (bicyclic) bond motifs is 3. The Labute approximate surface area is 105 Å². The fourth-order valence-electron chi connectivity index (χ4n) is 5.42. The van der Waals surface area contributed by atoms with Crippen LogP contribution in [0, 0.1) is 23.2 Å². The Morgan fingerprint density at radius 3 is 2.71 bits per heavy atom. The van der Waals surface area contributed by atoms with E-state index in [4.69, 9.17) is 4.74 Å². The second kappa shape index (κ2) is 3.71. The average Bonchev–Trinajstić information content (AvgIpc) is 2.54. The number of ether oxygens (including phenoxy) is 1. The third-order valence-corrected chi connectivity index (χ3v) is 6.24. The van der Waals surface area contributed by atoms with Crippen LogP contribution in [0.2, 0.25) is 0 Å². The molecule has 2 aliphatic carbocycles. The molecule has 1 N–H and O–H groups in total. The van der Waals surface area contributed by atoms with E-state index in [-0.39, 0.29) is 5.60 Å². The van der Waals surface area contributed by atoms with Gasteiger partial charge in [0.2, 0.25) is 0 Å². The molecule has 3 rings (SSSR count). The molecule has 0 radical (unpaired) electrons. The SMILES string of the molecule is C[C@H]1CCC[C@@]2(C)C1CC[C@@]1(C)OC(O)C[C@@H]12. The number of aliphatic hydroxyl groups is 1. The first-order valence-corrected chi connectivity index (χ1v) is 7.31. The van der Waals surface area contributed by atoms with E-state index in [1.165, 1.54) is 25.7 Å². The molecule has 1 heterocycles. The first-order valence-electron chi connectivity index (χ1n) is 7.31. The van der Waals surface area contributed by atoms with Crippen molar-refractivity contribution in [1.29, 1.82) is 0 Å². The maximum atomic E-state index is 9.87. The summed E-state index contributed by atoms with van der Waals surface area (Å²) >= 11 is 0. The van der Waals surface area contributed by atoms with Gasteiger partial charge < -0.3 is 9.84 Å². The topological polar surface area (TPSA) is 29.5 Å². The Hall–Kier alpha value is -0.0800. The molecule has 3 aliphatic rings. The standard InChI is InChI=1S/C15H26O2/c1-10-5-4-7-14(2)11(10)6-8-15(3)12(14)9-13(16)17-15/h10-13,16H,4-9H2,1-3H3/t10-,11?,12+,13?,14-,15+/m0/s1. The molecule has 0 aromatic carbocycles. The van der Waals surface area contributed by atoms with Crippen molar-refractivity contribution in [3.63, 3.8) is 0 Å². The monoisotopic (exact) mass is 238 g/mol. The van der Waals surface area contributed by atoms with E-state index in [0.29, 0.717) is 11.3 Å². The van der Waals surface area contributed by atoms with Crippen LogP contribution in [-0.2, 0) is 4.74 Å². The highest BCUT2D eigenvalue weighted by Gasteiger charge is 2.59. The van der Waals surface area contributed by atoms with Crippen LogP contribution in [0.5, 0.6) is 0 Å². The molecule has 0 aromatic heterocycles. The number of aliphatic hydroxyl groups excluding tert-OH is 1. The van der Waals surface area contributed by atoms with E-state index in [0.717, 1.165) is 24.7 Å². The van der Waals surface area contributed by atoms with Gasteiger partial charge in [-0.25, -0.2) is 0 Å². The Balaban J connectivity index is 1.94. The van der Waals surface area contributed by atoms with Gasteiger partial charge in [-0.15, -0.1) is 0 Å². The quantitative estimate of drug-likeness (QED) is 0.701. The second-order valence-electron chi connectivity index (χ2n) is 7.19. The summed E-state index contributed by atoms with van der Waals surface area (Å²) < 4.78 is 5.86. The zero-order chi connectivity index (χ0) is 12.3. The van der Waals surface area contributed by atoms with Gasteiger partial charge in [0.05, 0.1) is 5.60 Å². The van der Waals surface area contributed by atoms with Crippen LogP contribution in [0.15, 0.2) is 0 Å². The molecular weight excluding hydrogens is 212 g/mol. The summed E-state index contributed by atoms with van der Waals surface area (Å²) in [5, 5.41) is 9.87. The molecule has 6 atom stereocenters. The minimum Gasteiger partial charge on any atom is -0.368 e. The predicted molar refractivity (Wildman–Crippen MR) is 67.4 cm³/mol. The molecule has 1 aliphatic heterocycles. The minimum atomic E-state index is -0.516. The summed E-state index contributed by atoms with van der Waals surface area (Å²) in [6, 6.07) is 0. The lowest BCUT2D eigenvalue weighted by Crippen LogP contribution is -2.53. The van der Waals surface area contributed by atoms with Crippen LogP contribution in [0.25, 0.3) is 0 Å². The van der Waals surface area contributed by atoms with Gasteiger partial charge in [0.1, 0.15) is 0 Å². The summed E-state index contributed by atoms with van der Waals surface area (Å²) in [5.74, 6) is 2.27. The van der Waals surface area contributed by atoms with Crippen LogP contribution in [-0.4, -0.2) is 17.0 Å². The van der Waals surface area contributed by atoms with Crippen molar-refractivity contribution in [2.75, 3.05) is 0 Å². The normalized spacial score (nSPS) is 58.6. The largest absolute Gasteiger partial charge is 0.368 e. The lowest BCUT2D eigenvalue weighted by Gasteiger charge is -2.56. The molecule has 2 heteroatoms. The van der Waals surface area contributed by atoms with Gasteiger partial charge >= 0.3 is 0 Å². The second-order valence-corrected chi connectivity index (χ2v) is 7.19. The van der Waals surface area contributed by atoms with Crippen molar-refractivity contribution in [2.24, 2.45) is 23.2 Å². The first-order chi connectivity index (χ1) is 7.96. The van der Waals surface area contributed by atoms with Crippen LogP contribution >= 0.6 is 0 Å². The van der Waals surface area contributed by atoms with E-state index in [2.05, 4.69) is 20.8 Å². The Kier molecular flexibility index (Phi) is 2.61. The summed E-state index contributed by atoms with van der Waals surface area (Å²) in [7, 11) is 0. The van der Waals surface area contributed by atoms with Crippen LogP contribution in [0.4, 0.5) is 0 Å². The van der Waals surface area contributed by atoms with Crippen molar-refractivity contribution in [1.82, 2.24) is 0 Å². The van der Waals surface area contributed by atoms with E-state index in [1.54, 1.807) is 0 Å². The number of rotatable bonds is 0. The van der Waals surface area contributed by atoms with Crippen molar-refractivity contribution in [3.05, 3.63) is 0 Å². The van der Waals surface area contributed by atoms with Gasteiger partial charge in [-0.3, -0.25) is 0 Å². The van der Waals surface area contributed by atoms with Crippen LogP contribution < -0.4 is 0 Å². The van der Waals surface area contributed by atoms with Crippen molar-refractivity contribution < 1.29 is 9.84 Å². The molecule has 2 unspecified atom stereocenters. The summed E-state index contributed by atoms with van der Waals surface area (Å²) in [6.07, 6.45) is 6.85. The van der Waals surface area contributed by atoms with E-state index >= 15 is 0 Å². The highest BCUT2D eigenvalue weighted by molar-refractivity contribution is 5.07. The Bertz CT molecular complexity index is 316. The molecule has 2 saturated carbocycles. The summed E-state index contributed by atoms with van der Waals surface area (Å²) in [6.45, 7) is 7.13. The highest BCUT2D eigenvalue weighted by atomic mass is 16.6. The summed E-state index contributed by atoms with van der Waals surface area (Å²) in [5.41, 5.74) is 0.351. The smallest absolute Gasteiger partial charge is 0.155 e. The van der Waals surface area contributed by atoms with Gasteiger partial charge in [-0.05, 0) is 49.4 Å². The van der Waals surface area contributed by atoms with Crippen LogP contribution in [0.1, 0.15) is 59.3 Å². The molecule has 0 amide bonds. The maximum Gasteiger partial charge on any atom is 0.155 e. The maximum absolute atomic E-state index is 9.87. The first kappa shape index (κ1) is 12.0. The molecule has 0 aromatic rings. The number of hydrogen-bond donors (Lipinski definition) is 1. The van der Waals surface area contributed by atoms with Gasteiger partial charge in [0, 0.05) is 6.42 Å². The zero-order valence-electron chi connectivity index (χ0n) is 11.4. The van der Waals surface area contributed by atoms with Crippen molar-refractivity contribution in [2.45, 2.75) is 71.2 Å². The highest BCUT2D eigenvalue weighted by Crippen LogP contribution is 2.62. The third kappa shape index (κ3) is 1.60. The summed E-state index contributed by atoms with van der Waals surface area (Å²) in [4.78, 5) is 0. The number of hydrogen-bond acceptors (Lipinski definition) is 2. The van der Waals surface area contributed by atoms with Crippen LogP contribution in [0.3, 0.4) is 0 Å². The van der Waals surface area contributed by atoms with E-state index in [9.17, 15) is 5.11 Å². The zero-order valence-corrected chi connectivity index (χ0v) is 11.4. The van der Waals surface area contributed by atoms with Gasteiger partial charge in [0.15, 0.2) is 6.29 Å². The molecular formula is C15H26O2. The van der Waals surface area contributed by atoms with Gasteiger partial charge in [0.25, 0.3) is 0 Å². The predicted octanol–water partition coefficient (Wildman–Crippen LogP) is 3.34. The van der Waals surface area contributed by atoms with Crippen molar-refractivity contribution >= 4 is 0 Å². The molecule has 2 nitrogen and oxygen atoms in total. The molecule has 98 valence electrons. The Morgan fingerprint density at radius 1 is 1.18 bits per heavy atom. The lowest BCUT2D eigenvalue weighted by atomic mass is 9.49. The van der Waals surface area contributed by atoms with Crippen molar-refractivity contribution in [3.8, 4) is 0 Å². The third-order valence-electron chi connectivity index (χ3n) is 6.24. The molecule has 3 fully saturated rings. The van der Waals surface area contributed by atoms with Gasteiger partial charge in [-0.2, -0.15) is 0 Å². The minimum absolute atomic E-state index is 0.0538. The fourth-order valence-corrected chi connectivity index (χ4v) is 5.42. The Morgan fingerprint density at radius 2 is 1.94 bits per heavy atom. The fraction of sp³-hybridized carbons (Fsp3) is 1.00.